The van der Waals surface area contributed by atoms with Crippen molar-refractivity contribution in [3.63, 3.8) is 0 Å². The maximum Gasteiger partial charge on any atom is 0.123 e. The van der Waals surface area contributed by atoms with Crippen LogP contribution in [-0.2, 0) is 6.54 Å². The van der Waals surface area contributed by atoms with Crippen LogP contribution in [0.3, 0.4) is 0 Å². The van der Waals surface area contributed by atoms with E-state index in [4.69, 9.17) is 22.1 Å². The van der Waals surface area contributed by atoms with Crippen molar-refractivity contribution < 1.29 is 4.74 Å². The van der Waals surface area contributed by atoms with Gasteiger partial charge in [-0.25, -0.2) is 0 Å². The van der Waals surface area contributed by atoms with Gasteiger partial charge in [0.2, 0.25) is 0 Å². The van der Waals surface area contributed by atoms with Gasteiger partial charge in [0.05, 0.1) is 7.11 Å². The maximum atomic E-state index is 6.05. The number of ether oxygens (including phenoxy) is 1. The lowest BCUT2D eigenvalue weighted by atomic mass is 10.1. The highest BCUT2D eigenvalue weighted by Gasteiger charge is 2.06. The van der Waals surface area contributed by atoms with E-state index in [1.807, 2.05) is 19.1 Å². The molecule has 0 saturated heterocycles. The molecule has 84 valence electrons. The minimum atomic E-state index is 0.627. The average Bonchev–Trinajstić information content (AvgIpc) is 2.23. The highest BCUT2D eigenvalue weighted by Crippen LogP contribution is 2.26. The molecule has 0 amide bonds. The summed E-state index contributed by atoms with van der Waals surface area (Å²) >= 11 is 6.05. The molecule has 0 heterocycles. The van der Waals surface area contributed by atoms with Crippen LogP contribution in [0.15, 0.2) is 12.1 Å². The fourth-order valence-electron chi connectivity index (χ4n) is 1.35. The van der Waals surface area contributed by atoms with E-state index in [0.717, 1.165) is 35.0 Å². The van der Waals surface area contributed by atoms with E-state index in [-0.39, 0.29) is 0 Å². The van der Waals surface area contributed by atoms with Crippen LogP contribution in [0, 0.1) is 6.92 Å². The molecule has 0 radical (unpaired) electrons. The van der Waals surface area contributed by atoms with Crippen LogP contribution >= 0.6 is 11.6 Å². The Balaban J connectivity index is 2.80. The van der Waals surface area contributed by atoms with Gasteiger partial charge in [-0.2, -0.15) is 0 Å². The van der Waals surface area contributed by atoms with Gasteiger partial charge in [-0.15, -0.1) is 0 Å². The van der Waals surface area contributed by atoms with Crippen LogP contribution < -0.4 is 15.8 Å². The summed E-state index contributed by atoms with van der Waals surface area (Å²) in [5.74, 6) is 0.862. The number of halogens is 1. The molecule has 3 N–H and O–H groups in total. The van der Waals surface area contributed by atoms with Gasteiger partial charge in [0.25, 0.3) is 0 Å². The first-order chi connectivity index (χ1) is 7.19. The normalized spacial score (nSPS) is 10.4. The lowest BCUT2D eigenvalue weighted by Crippen LogP contribution is -2.22. The second-order valence-electron chi connectivity index (χ2n) is 3.38. The topological polar surface area (TPSA) is 47.3 Å². The van der Waals surface area contributed by atoms with Crippen molar-refractivity contribution in [2.45, 2.75) is 13.5 Å². The predicted octanol–water partition coefficient (Wildman–Crippen LogP) is 1.71. The number of nitrogens with one attached hydrogen (secondary N) is 1. The smallest absolute Gasteiger partial charge is 0.123 e. The lowest BCUT2D eigenvalue weighted by Gasteiger charge is -2.11. The Morgan fingerprint density at radius 2 is 2.20 bits per heavy atom. The van der Waals surface area contributed by atoms with Gasteiger partial charge in [0.15, 0.2) is 0 Å². The van der Waals surface area contributed by atoms with Crippen LogP contribution in [0.25, 0.3) is 0 Å². The molecular formula is C11H17ClN2O. The summed E-state index contributed by atoms with van der Waals surface area (Å²) < 4.78 is 5.28. The molecule has 1 aromatic carbocycles. The number of nitrogens with two attached hydrogens (primary N) is 1. The van der Waals surface area contributed by atoms with E-state index < -0.39 is 0 Å². The van der Waals surface area contributed by atoms with Crippen molar-refractivity contribution in [2.24, 2.45) is 5.73 Å². The number of hydrogen-bond acceptors (Lipinski definition) is 3. The Morgan fingerprint density at radius 3 is 2.80 bits per heavy atom. The molecule has 1 aromatic rings. The Kier molecular flexibility index (Phi) is 4.88. The fourth-order valence-corrected chi connectivity index (χ4v) is 1.54. The van der Waals surface area contributed by atoms with E-state index in [2.05, 4.69) is 5.32 Å². The van der Waals surface area contributed by atoms with Gasteiger partial charge in [-0.05, 0) is 24.6 Å². The monoisotopic (exact) mass is 228 g/mol. The average molecular weight is 229 g/mol. The van der Waals surface area contributed by atoms with Gasteiger partial charge >= 0.3 is 0 Å². The lowest BCUT2D eigenvalue weighted by molar-refractivity contribution is 0.407. The molecule has 0 aliphatic rings. The number of rotatable bonds is 5. The van der Waals surface area contributed by atoms with Crippen molar-refractivity contribution in [3.8, 4) is 5.75 Å². The van der Waals surface area contributed by atoms with Crippen LogP contribution in [-0.4, -0.2) is 20.2 Å². The van der Waals surface area contributed by atoms with Gasteiger partial charge in [0, 0.05) is 30.2 Å². The van der Waals surface area contributed by atoms with Crippen LogP contribution in [0.5, 0.6) is 5.75 Å². The molecule has 0 fully saturated rings. The number of aryl methyl sites for hydroxylation is 1. The molecule has 0 aromatic heterocycles. The van der Waals surface area contributed by atoms with E-state index in [1.165, 1.54) is 0 Å². The first kappa shape index (κ1) is 12.3. The van der Waals surface area contributed by atoms with Gasteiger partial charge in [-0.1, -0.05) is 11.6 Å². The molecule has 0 bridgehead atoms. The highest BCUT2D eigenvalue weighted by atomic mass is 35.5. The quantitative estimate of drug-likeness (QED) is 0.755. The fraction of sp³-hybridized carbons (Fsp3) is 0.455. The molecule has 0 unspecified atom stereocenters. The molecule has 0 spiro atoms. The first-order valence-corrected chi connectivity index (χ1v) is 5.30. The zero-order chi connectivity index (χ0) is 11.3. The molecule has 15 heavy (non-hydrogen) atoms. The second-order valence-corrected chi connectivity index (χ2v) is 3.79. The Morgan fingerprint density at radius 1 is 1.47 bits per heavy atom. The molecule has 1 rings (SSSR count). The van der Waals surface area contributed by atoms with E-state index in [0.29, 0.717) is 6.54 Å². The van der Waals surface area contributed by atoms with Crippen LogP contribution in [0.2, 0.25) is 5.02 Å². The summed E-state index contributed by atoms with van der Waals surface area (Å²) in [6, 6.07) is 3.88. The zero-order valence-electron chi connectivity index (χ0n) is 9.14. The standard InChI is InChI=1S/C11H17ClN2O/c1-8-5-11(15-2)9(6-10(8)12)7-14-4-3-13/h5-6,14H,3-4,7,13H2,1-2H3. The molecule has 0 atom stereocenters. The molecule has 0 aliphatic carbocycles. The van der Waals surface area contributed by atoms with E-state index in [9.17, 15) is 0 Å². The van der Waals surface area contributed by atoms with Crippen molar-refractivity contribution in [1.29, 1.82) is 0 Å². The van der Waals surface area contributed by atoms with Gasteiger partial charge in [0.1, 0.15) is 5.75 Å². The zero-order valence-corrected chi connectivity index (χ0v) is 9.90. The van der Waals surface area contributed by atoms with Crippen LogP contribution in [0.1, 0.15) is 11.1 Å². The number of benzene rings is 1. The van der Waals surface area contributed by atoms with Crippen LogP contribution in [0.4, 0.5) is 0 Å². The Hall–Kier alpha value is -0.770. The summed E-state index contributed by atoms with van der Waals surface area (Å²) in [4.78, 5) is 0. The second kappa shape index (κ2) is 5.95. The number of methoxy groups -OCH3 is 1. The first-order valence-electron chi connectivity index (χ1n) is 4.92. The molecule has 0 aliphatic heterocycles. The number of hydrogen-bond donors (Lipinski definition) is 2. The predicted molar refractivity (Wildman–Crippen MR) is 63.5 cm³/mol. The van der Waals surface area contributed by atoms with Gasteiger partial charge in [-0.3, -0.25) is 0 Å². The minimum absolute atomic E-state index is 0.627. The van der Waals surface area contributed by atoms with E-state index >= 15 is 0 Å². The summed E-state index contributed by atoms with van der Waals surface area (Å²) in [6.07, 6.45) is 0. The minimum Gasteiger partial charge on any atom is -0.496 e. The molecule has 3 nitrogen and oxygen atoms in total. The van der Waals surface area contributed by atoms with Crippen molar-refractivity contribution in [1.82, 2.24) is 5.32 Å². The molecule has 4 heteroatoms. The summed E-state index contributed by atoms with van der Waals surface area (Å²) in [5.41, 5.74) is 7.48. The van der Waals surface area contributed by atoms with E-state index in [1.54, 1.807) is 7.11 Å². The summed E-state index contributed by atoms with van der Waals surface area (Å²) in [5, 5.41) is 3.97. The summed E-state index contributed by atoms with van der Waals surface area (Å²) in [6.45, 7) is 4.10. The summed E-state index contributed by atoms with van der Waals surface area (Å²) in [7, 11) is 1.66. The SMILES string of the molecule is COc1cc(C)c(Cl)cc1CNCCN. The third-order valence-electron chi connectivity index (χ3n) is 2.20. The van der Waals surface area contributed by atoms with Crippen molar-refractivity contribution in [3.05, 3.63) is 28.3 Å². The highest BCUT2D eigenvalue weighted by molar-refractivity contribution is 6.31. The van der Waals surface area contributed by atoms with Crippen molar-refractivity contribution in [2.75, 3.05) is 20.2 Å². The third kappa shape index (κ3) is 3.38. The Bertz CT molecular complexity index is 329. The maximum absolute atomic E-state index is 6.05. The van der Waals surface area contributed by atoms with Crippen molar-refractivity contribution >= 4 is 11.6 Å². The molecular weight excluding hydrogens is 212 g/mol. The third-order valence-corrected chi connectivity index (χ3v) is 2.61. The largest absolute Gasteiger partial charge is 0.496 e. The molecule has 0 saturated carbocycles. The van der Waals surface area contributed by atoms with Gasteiger partial charge < -0.3 is 15.8 Å². The Labute approximate surface area is 95.6 Å².